The van der Waals surface area contributed by atoms with Gasteiger partial charge in [0.05, 0.1) is 11.6 Å². The van der Waals surface area contributed by atoms with Crippen molar-refractivity contribution < 1.29 is 9.21 Å². The van der Waals surface area contributed by atoms with Gasteiger partial charge in [-0.1, -0.05) is 42.8 Å². The number of aromatic nitrogens is 1. The molecular weight excluding hydrogens is 422 g/mol. The number of piperidine rings is 1. The molecule has 1 aliphatic rings. The summed E-state index contributed by atoms with van der Waals surface area (Å²) in [5, 5.41) is 3.78. The van der Waals surface area contributed by atoms with Gasteiger partial charge in [0.15, 0.2) is 0 Å². The van der Waals surface area contributed by atoms with Crippen LogP contribution in [0.1, 0.15) is 42.3 Å². The molecule has 1 aliphatic heterocycles. The molecule has 0 radical (unpaired) electrons. The van der Waals surface area contributed by atoms with E-state index < -0.39 is 0 Å². The second-order valence-electron chi connectivity index (χ2n) is 8.49. The Morgan fingerprint density at radius 1 is 1.16 bits per heavy atom. The van der Waals surface area contributed by atoms with Crippen LogP contribution in [0.5, 0.6) is 0 Å². The van der Waals surface area contributed by atoms with Crippen molar-refractivity contribution in [2.45, 2.75) is 46.2 Å². The lowest BCUT2D eigenvalue weighted by Gasteiger charge is -2.31. The van der Waals surface area contributed by atoms with Gasteiger partial charge in [-0.05, 0) is 68.1 Å². The van der Waals surface area contributed by atoms with Gasteiger partial charge in [-0.25, -0.2) is 4.98 Å². The van der Waals surface area contributed by atoms with Crippen LogP contribution in [0.2, 0.25) is 5.02 Å². The van der Waals surface area contributed by atoms with E-state index >= 15 is 0 Å². The number of carbonyl (C=O) groups is 1. The Kier molecular flexibility index (Phi) is 7.28. The zero-order chi connectivity index (χ0) is 22.5. The number of rotatable bonds is 7. The minimum atomic E-state index is -0.00989. The summed E-state index contributed by atoms with van der Waals surface area (Å²) in [5.41, 5.74) is 4.29. The van der Waals surface area contributed by atoms with Gasteiger partial charge in [-0.3, -0.25) is 9.69 Å². The van der Waals surface area contributed by atoms with Crippen molar-refractivity contribution in [3.05, 3.63) is 76.1 Å². The maximum Gasteiger partial charge on any atom is 0.226 e. The van der Waals surface area contributed by atoms with Gasteiger partial charge in [0, 0.05) is 30.2 Å². The number of oxazole rings is 1. The van der Waals surface area contributed by atoms with Crippen LogP contribution in [0.4, 0.5) is 0 Å². The van der Waals surface area contributed by atoms with Gasteiger partial charge in [0.2, 0.25) is 11.8 Å². The Morgan fingerprint density at radius 2 is 1.88 bits per heavy atom. The third kappa shape index (κ3) is 5.59. The van der Waals surface area contributed by atoms with E-state index in [2.05, 4.69) is 41.4 Å². The van der Waals surface area contributed by atoms with Gasteiger partial charge < -0.3 is 9.73 Å². The molecule has 6 heteroatoms. The first-order chi connectivity index (χ1) is 15.5. The van der Waals surface area contributed by atoms with Crippen LogP contribution < -0.4 is 5.32 Å². The molecule has 4 rings (SSSR count). The predicted molar refractivity (Wildman–Crippen MR) is 127 cm³/mol. The van der Waals surface area contributed by atoms with E-state index in [1.807, 2.05) is 31.2 Å². The van der Waals surface area contributed by atoms with E-state index in [9.17, 15) is 4.79 Å². The fourth-order valence-electron chi connectivity index (χ4n) is 4.14. The molecule has 1 aromatic heterocycles. The molecular formula is C26H30ClN3O2. The van der Waals surface area contributed by atoms with Crippen LogP contribution in [0.25, 0.3) is 11.5 Å². The fraction of sp³-hybridized carbons (Fsp3) is 0.385. The summed E-state index contributed by atoms with van der Waals surface area (Å²) in [6.07, 6.45) is 2.93. The van der Waals surface area contributed by atoms with Crippen LogP contribution in [-0.4, -0.2) is 28.9 Å². The van der Waals surface area contributed by atoms with Gasteiger partial charge in [-0.2, -0.15) is 0 Å². The lowest BCUT2D eigenvalue weighted by atomic mass is 9.97. The standard InChI is InChI=1S/C26H30ClN3O2/c1-3-19-6-10-21(11-7-19)26-29-24(18(2)32-26)17-30-14-4-5-22(16-30)25(31)28-15-20-8-12-23(27)13-9-20/h6-13,22H,3-5,14-17H2,1-2H3,(H,28,31)/t22-/m0/s1. The van der Waals surface area contributed by atoms with Crippen LogP contribution in [0.3, 0.4) is 0 Å². The van der Waals surface area contributed by atoms with E-state index in [1.54, 1.807) is 0 Å². The van der Waals surface area contributed by atoms with E-state index in [4.69, 9.17) is 21.0 Å². The number of halogens is 1. The average molecular weight is 452 g/mol. The molecule has 1 saturated heterocycles. The number of amides is 1. The van der Waals surface area contributed by atoms with Crippen LogP contribution in [0, 0.1) is 12.8 Å². The smallest absolute Gasteiger partial charge is 0.226 e. The van der Waals surface area contributed by atoms with E-state index in [0.29, 0.717) is 24.0 Å². The number of aryl methyl sites for hydroxylation is 2. The molecule has 0 saturated carbocycles. The van der Waals surface area contributed by atoms with E-state index in [1.165, 1.54) is 5.56 Å². The highest BCUT2D eigenvalue weighted by Crippen LogP contribution is 2.25. The first kappa shape index (κ1) is 22.6. The molecule has 1 atom stereocenters. The lowest BCUT2D eigenvalue weighted by molar-refractivity contribution is -0.127. The van der Waals surface area contributed by atoms with E-state index in [0.717, 1.165) is 54.9 Å². The highest BCUT2D eigenvalue weighted by molar-refractivity contribution is 6.30. The Morgan fingerprint density at radius 3 is 2.59 bits per heavy atom. The number of hydrogen-bond donors (Lipinski definition) is 1. The quantitative estimate of drug-likeness (QED) is 0.523. The average Bonchev–Trinajstić information content (AvgIpc) is 3.18. The molecule has 32 heavy (non-hydrogen) atoms. The number of nitrogens with zero attached hydrogens (tertiary/aromatic N) is 2. The molecule has 0 unspecified atom stereocenters. The first-order valence-corrected chi connectivity index (χ1v) is 11.7. The molecule has 5 nitrogen and oxygen atoms in total. The largest absolute Gasteiger partial charge is 0.441 e. The maximum absolute atomic E-state index is 12.7. The number of likely N-dealkylation sites (tertiary alicyclic amines) is 1. The number of nitrogens with one attached hydrogen (secondary N) is 1. The van der Waals surface area contributed by atoms with Crippen molar-refractivity contribution in [1.29, 1.82) is 0 Å². The van der Waals surface area contributed by atoms with Crippen molar-refractivity contribution >= 4 is 17.5 Å². The number of benzene rings is 2. The second-order valence-corrected chi connectivity index (χ2v) is 8.93. The van der Waals surface area contributed by atoms with E-state index in [-0.39, 0.29) is 11.8 Å². The molecule has 1 N–H and O–H groups in total. The Labute approximate surface area is 194 Å². The molecule has 168 valence electrons. The van der Waals surface area contributed by atoms with Gasteiger partial charge >= 0.3 is 0 Å². The number of carbonyl (C=O) groups excluding carboxylic acids is 1. The van der Waals surface area contributed by atoms with Crippen molar-refractivity contribution in [3.8, 4) is 11.5 Å². The second kappa shape index (κ2) is 10.3. The van der Waals surface area contributed by atoms with Gasteiger partial charge in [-0.15, -0.1) is 0 Å². The lowest BCUT2D eigenvalue weighted by Crippen LogP contribution is -2.42. The minimum absolute atomic E-state index is 0.00989. The summed E-state index contributed by atoms with van der Waals surface area (Å²) in [6, 6.07) is 15.9. The maximum atomic E-state index is 12.7. The van der Waals surface area contributed by atoms with Crippen molar-refractivity contribution in [2.24, 2.45) is 5.92 Å². The molecule has 2 heterocycles. The molecule has 2 aromatic carbocycles. The molecule has 0 bridgehead atoms. The van der Waals surface area contributed by atoms with Gasteiger partial charge in [0.1, 0.15) is 5.76 Å². The first-order valence-electron chi connectivity index (χ1n) is 11.3. The highest BCUT2D eigenvalue weighted by atomic mass is 35.5. The van der Waals surface area contributed by atoms with Crippen LogP contribution >= 0.6 is 11.6 Å². The summed E-state index contributed by atoms with van der Waals surface area (Å²) in [4.78, 5) is 19.8. The Bertz CT molecular complexity index is 1040. The monoisotopic (exact) mass is 451 g/mol. The Balaban J connectivity index is 1.34. The van der Waals surface area contributed by atoms with Crippen LogP contribution in [0.15, 0.2) is 52.9 Å². The normalized spacial score (nSPS) is 16.8. The molecule has 0 spiro atoms. The predicted octanol–water partition coefficient (Wildman–Crippen LogP) is 5.39. The Hall–Kier alpha value is -2.63. The van der Waals surface area contributed by atoms with Gasteiger partial charge in [0.25, 0.3) is 0 Å². The SMILES string of the molecule is CCc1ccc(-c2nc(CN3CCC[C@H](C(=O)NCc4ccc(Cl)cc4)C3)c(C)o2)cc1. The fourth-order valence-corrected chi connectivity index (χ4v) is 4.27. The highest BCUT2D eigenvalue weighted by Gasteiger charge is 2.27. The molecule has 1 amide bonds. The molecule has 0 aliphatic carbocycles. The topological polar surface area (TPSA) is 58.4 Å². The van der Waals surface area contributed by atoms with Crippen molar-refractivity contribution in [2.75, 3.05) is 13.1 Å². The molecule has 3 aromatic rings. The third-order valence-corrected chi connectivity index (χ3v) is 6.38. The van der Waals surface area contributed by atoms with Crippen LogP contribution in [-0.2, 0) is 24.3 Å². The summed E-state index contributed by atoms with van der Waals surface area (Å²) in [7, 11) is 0. The summed E-state index contributed by atoms with van der Waals surface area (Å²) >= 11 is 5.93. The summed E-state index contributed by atoms with van der Waals surface area (Å²) in [6.45, 7) is 7.03. The third-order valence-electron chi connectivity index (χ3n) is 6.13. The zero-order valence-electron chi connectivity index (χ0n) is 18.7. The number of hydrogen-bond acceptors (Lipinski definition) is 4. The zero-order valence-corrected chi connectivity index (χ0v) is 19.5. The van der Waals surface area contributed by atoms with Crippen molar-refractivity contribution in [3.63, 3.8) is 0 Å². The molecule has 1 fully saturated rings. The summed E-state index contributed by atoms with van der Waals surface area (Å²) in [5.74, 6) is 1.60. The van der Waals surface area contributed by atoms with Crippen molar-refractivity contribution in [1.82, 2.24) is 15.2 Å². The minimum Gasteiger partial charge on any atom is -0.441 e. The summed E-state index contributed by atoms with van der Waals surface area (Å²) < 4.78 is 5.96.